The smallest absolute Gasteiger partial charge is 0.237 e. The minimum atomic E-state index is 0.0222. The quantitative estimate of drug-likeness (QED) is 0.527. The Labute approximate surface area is 84.1 Å². The molecule has 82 valence electrons. The van der Waals surface area contributed by atoms with Gasteiger partial charge in [-0.3, -0.25) is 4.79 Å². The Balaban J connectivity index is 1.85. The minimum Gasteiger partial charge on any atom is -0.382 e. The minimum absolute atomic E-state index is 0.0222. The number of hydrogen-bond acceptors (Lipinski definition) is 4. The number of methoxy groups -OCH3 is 1. The van der Waals surface area contributed by atoms with Crippen molar-refractivity contribution in [1.82, 2.24) is 10.6 Å². The summed E-state index contributed by atoms with van der Waals surface area (Å²) >= 11 is 0. The molecule has 0 saturated carbocycles. The maximum absolute atomic E-state index is 11.3. The summed E-state index contributed by atoms with van der Waals surface area (Å²) in [5, 5.41) is 5.83. The Morgan fingerprint density at radius 1 is 1.50 bits per heavy atom. The highest BCUT2D eigenvalue weighted by Gasteiger charge is 2.23. The van der Waals surface area contributed by atoms with Gasteiger partial charge in [0.15, 0.2) is 0 Å². The van der Waals surface area contributed by atoms with Gasteiger partial charge in [0.25, 0.3) is 0 Å². The molecule has 1 fully saturated rings. The highest BCUT2D eigenvalue weighted by Crippen LogP contribution is 2.00. The molecule has 14 heavy (non-hydrogen) atoms. The van der Waals surface area contributed by atoms with Crippen LogP contribution in [-0.4, -0.2) is 52.0 Å². The second-order valence-electron chi connectivity index (χ2n) is 3.19. The summed E-state index contributed by atoms with van der Waals surface area (Å²) in [7, 11) is 1.63. The van der Waals surface area contributed by atoms with Gasteiger partial charge in [-0.15, -0.1) is 0 Å². The number of carbonyl (C=O) groups excluding carboxylic acids is 1. The Morgan fingerprint density at radius 2 is 2.29 bits per heavy atom. The molecule has 5 heteroatoms. The van der Waals surface area contributed by atoms with Gasteiger partial charge >= 0.3 is 0 Å². The molecule has 0 unspecified atom stereocenters. The van der Waals surface area contributed by atoms with Gasteiger partial charge in [-0.2, -0.15) is 0 Å². The average Bonchev–Trinajstić information content (AvgIpc) is 2.08. The number of rotatable bonds is 7. The van der Waals surface area contributed by atoms with E-state index >= 15 is 0 Å². The molecule has 1 saturated heterocycles. The zero-order valence-electron chi connectivity index (χ0n) is 8.54. The van der Waals surface area contributed by atoms with Crippen LogP contribution in [0.25, 0.3) is 0 Å². The van der Waals surface area contributed by atoms with E-state index in [1.807, 2.05) is 0 Å². The Kier molecular flexibility index (Phi) is 5.51. The molecule has 1 rings (SSSR count). The SMILES string of the molecule is COCCOCCNC(=O)[C@H]1CCN1. The summed E-state index contributed by atoms with van der Waals surface area (Å²) in [4.78, 5) is 11.3. The zero-order chi connectivity index (χ0) is 10.2. The van der Waals surface area contributed by atoms with Gasteiger partial charge in [-0.05, 0) is 13.0 Å². The van der Waals surface area contributed by atoms with Crippen LogP contribution in [0.4, 0.5) is 0 Å². The van der Waals surface area contributed by atoms with Crippen LogP contribution in [0.3, 0.4) is 0 Å². The molecule has 1 aliphatic heterocycles. The monoisotopic (exact) mass is 202 g/mol. The van der Waals surface area contributed by atoms with Gasteiger partial charge in [-0.25, -0.2) is 0 Å². The number of ether oxygens (including phenoxy) is 2. The first kappa shape index (κ1) is 11.4. The Morgan fingerprint density at radius 3 is 2.86 bits per heavy atom. The van der Waals surface area contributed by atoms with E-state index in [-0.39, 0.29) is 11.9 Å². The molecule has 0 bridgehead atoms. The molecule has 1 atom stereocenters. The third-order valence-electron chi connectivity index (χ3n) is 2.12. The first-order valence-corrected chi connectivity index (χ1v) is 4.92. The summed E-state index contributed by atoms with van der Waals surface area (Å²) in [6, 6.07) is 0.0222. The van der Waals surface area contributed by atoms with Crippen LogP contribution in [0, 0.1) is 0 Å². The molecule has 1 amide bonds. The highest BCUT2D eigenvalue weighted by atomic mass is 16.5. The van der Waals surface area contributed by atoms with E-state index < -0.39 is 0 Å². The van der Waals surface area contributed by atoms with Gasteiger partial charge < -0.3 is 20.1 Å². The molecule has 0 aromatic heterocycles. The third kappa shape index (κ3) is 4.04. The molecule has 1 heterocycles. The summed E-state index contributed by atoms with van der Waals surface area (Å²) in [5.74, 6) is 0.0755. The van der Waals surface area contributed by atoms with Crippen molar-refractivity contribution in [2.45, 2.75) is 12.5 Å². The highest BCUT2D eigenvalue weighted by molar-refractivity contribution is 5.82. The van der Waals surface area contributed by atoms with Crippen LogP contribution in [0.15, 0.2) is 0 Å². The molecule has 0 aliphatic carbocycles. The molecule has 0 spiro atoms. The first-order chi connectivity index (χ1) is 6.84. The lowest BCUT2D eigenvalue weighted by Crippen LogP contribution is -2.53. The summed E-state index contributed by atoms with van der Waals surface area (Å²) in [6.07, 6.45) is 0.941. The normalized spacial score (nSPS) is 20.2. The molecule has 1 aliphatic rings. The maximum atomic E-state index is 11.3. The summed E-state index contributed by atoms with van der Waals surface area (Å²) in [6.45, 7) is 3.23. The Hall–Kier alpha value is -0.650. The van der Waals surface area contributed by atoms with Crippen molar-refractivity contribution in [3.8, 4) is 0 Å². The van der Waals surface area contributed by atoms with E-state index in [1.165, 1.54) is 0 Å². The standard InChI is InChI=1S/C9H18N2O3/c1-13-6-7-14-5-4-11-9(12)8-2-3-10-8/h8,10H,2-7H2,1H3,(H,11,12)/t8-/m1/s1. The predicted molar refractivity (Wildman–Crippen MR) is 52.1 cm³/mol. The fourth-order valence-electron chi connectivity index (χ4n) is 1.13. The lowest BCUT2D eigenvalue weighted by molar-refractivity contribution is -0.124. The van der Waals surface area contributed by atoms with Gasteiger partial charge in [0.05, 0.1) is 25.9 Å². The van der Waals surface area contributed by atoms with Gasteiger partial charge in [0, 0.05) is 13.7 Å². The van der Waals surface area contributed by atoms with Crippen LogP contribution in [0.5, 0.6) is 0 Å². The van der Waals surface area contributed by atoms with E-state index in [9.17, 15) is 4.79 Å². The van der Waals surface area contributed by atoms with Crippen LogP contribution >= 0.6 is 0 Å². The topological polar surface area (TPSA) is 59.6 Å². The maximum Gasteiger partial charge on any atom is 0.237 e. The van der Waals surface area contributed by atoms with Crippen molar-refractivity contribution in [2.75, 3.05) is 40.0 Å². The van der Waals surface area contributed by atoms with Crippen molar-refractivity contribution in [3.63, 3.8) is 0 Å². The fraction of sp³-hybridized carbons (Fsp3) is 0.889. The van der Waals surface area contributed by atoms with Gasteiger partial charge in [0.2, 0.25) is 5.91 Å². The van der Waals surface area contributed by atoms with E-state index in [2.05, 4.69) is 10.6 Å². The van der Waals surface area contributed by atoms with E-state index in [0.717, 1.165) is 13.0 Å². The Bertz CT molecular complexity index is 171. The lowest BCUT2D eigenvalue weighted by atomic mass is 10.1. The van der Waals surface area contributed by atoms with Crippen LogP contribution in [0.1, 0.15) is 6.42 Å². The number of hydrogen-bond donors (Lipinski definition) is 2. The van der Waals surface area contributed by atoms with Crippen LogP contribution < -0.4 is 10.6 Å². The fourth-order valence-corrected chi connectivity index (χ4v) is 1.13. The molecular formula is C9H18N2O3. The molecule has 5 nitrogen and oxygen atoms in total. The van der Waals surface area contributed by atoms with Crippen molar-refractivity contribution >= 4 is 5.91 Å². The molecule has 0 aromatic carbocycles. The lowest BCUT2D eigenvalue weighted by Gasteiger charge is -2.26. The second-order valence-corrected chi connectivity index (χ2v) is 3.19. The number of amides is 1. The number of nitrogens with one attached hydrogen (secondary N) is 2. The van der Waals surface area contributed by atoms with Crippen LogP contribution in [-0.2, 0) is 14.3 Å². The van der Waals surface area contributed by atoms with E-state index in [4.69, 9.17) is 9.47 Å². The van der Waals surface area contributed by atoms with Crippen molar-refractivity contribution in [1.29, 1.82) is 0 Å². The predicted octanol–water partition coefficient (Wildman–Crippen LogP) is -0.872. The summed E-state index contributed by atoms with van der Waals surface area (Å²) in [5.41, 5.74) is 0. The largest absolute Gasteiger partial charge is 0.382 e. The number of carbonyl (C=O) groups is 1. The van der Waals surface area contributed by atoms with Gasteiger partial charge in [0.1, 0.15) is 0 Å². The van der Waals surface area contributed by atoms with E-state index in [0.29, 0.717) is 26.4 Å². The first-order valence-electron chi connectivity index (χ1n) is 4.92. The molecular weight excluding hydrogens is 184 g/mol. The second kappa shape index (κ2) is 6.75. The van der Waals surface area contributed by atoms with Crippen molar-refractivity contribution in [3.05, 3.63) is 0 Å². The van der Waals surface area contributed by atoms with Crippen molar-refractivity contribution in [2.24, 2.45) is 0 Å². The van der Waals surface area contributed by atoms with E-state index in [1.54, 1.807) is 7.11 Å². The molecule has 0 aromatic rings. The van der Waals surface area contributed by atoms with Gasteiger partial charge in [-0.1, -0.05) is 0 Å². The molecule has 0 radical (unpaired) electrons. The summed E-state index contributed by atoms with van der Waals surface area (Å²) < 4.78 is 10.0. The van der Waals surface area contributed by atoms with Crippen molar-refractivity contribution < 1.29 is 14.3 Å². The molecule has 2 N–H and O–H groups in total. The third-order valence-corrected chi connectivity index (χ3v) is 2.12. The average molecular weight is 202 g/mol. The van der Waals surface area contributed by atoms with Crippen LogP contribution in [0.2, 0.25) is 0 Å². The zero-order valence-corrected chi connectivity index (χ0v) is 8.54.